The minimum atomic E-state index is -0.412. The van der Waals surface area contributed by atoms with Gasteiger partial charge < -0.3 is 9.47 Å². The van der Waals surface area contributed by atoms with Crippen molar-refractivity contribution in [2.45, 2.75) is 46.8 Å². The Balaban J connectivity index is 2.17. The molecule has 128 valence electrons. The molecular weight excluding hydrogens is 306 g/mol. The average Bonchev–Trinajstić information content (AvgIpc) is 2.92. The molecule has 6 heteroatoms. The summed E-state index contributed by atoms with van der Waals surface area (Å²) in [5, 5.41) is 4.35. The van der Waals surface area contributed by atoms with Crippen LogP contribution in [-0.2, 0) is 9.53 Å². The maximum atomic E-state index is 11.5. The fourth-order valence-corrected chi connectivity index (χ4v) is 2.11. The van der Waals surface area contributed by atoms with E-state index >= 15 is 0 Å². The molecule has 0 unspecified atom stereocenters. The Morgan fingerprint density at radius 2 is 1.92 bits per heavy atom. The van der Waals surface area contributed by atoms with E-state index < -0.39 is 5.97 Å². The van der Waals surface area contributed by atoms with Crippen molar-refractivity contribution in [1.82, 2.24) is 14.8 Å². The molecule has 2 rings (SSSR count). The summed E-state index contributed by atoms with van der Waals surface area (Å²) in [5.41, 5.74) is 1.93. The number of hydrogen-bond acceptors (Lipinski definition) is 5. The number of carbonyl (C=O) groups is 1. The second-order valence-electron chi connectivity index (χ2n) is 6.05. The molecule has 0 spiro atoms. The second-order valence-corrected chi connectivity index (χ2v) is 6.05. The number of ether oxygens (including phenoxy) is 2. The predicted octanol–water partition coefficient (Wildman–Crippen LogP) is 3.46. The third kappa shape index (κ3) is 5.22. The van der Waals surface area contributed by atoms with Gasteiger partial charge in [-0.25, -0.2) is 14.5 Å². The molecule has 0 N–H and O–H groups in total. The van der Waals surface area contributed by atoms with Crippen molar-refractivity contribution in [3.8, 4) is 17.1 Å². The third-order valence-corrected chi connectivity index (χ3v) is 2.90. The highest BCUT2D eigenvalue weighted by Crippen LogP contribution is 2.24. The number of esters is 1. The van der Waals surface area contributed by atoms with Gasteiger partial charge >= 0.3 is 5.97 Å². The van der Waals surface area contributed by atoms with E-state index in [9.17, 15) is 4.79 Å². The van der Waals surface area contributed by atoms with Gasteiger partial charge in [-0.05, 0) is 58.4 Å². The second kappa shape index (κ2) is 7.77. The van der Waals surface area contributed by atoms with Crippen LogP contribution in [0.1, 0.15) is 33.3 Å². The Labute approximate surface area is 142 Å². The highest BCUT2D eigenvalue weighted by Gasteiger charge is 2.08. The highest BCUT2D eigenvalue weighted by molar-refractivity contribution is 5.85. The number of carbonyl (C=O) groups excluding carboxylic acids is 1. The van der Waals surface area contributed by atoms with Crippen molar-refractivity contribution in [2.75, 3.05) is 0 Å². The molecule has 1 aromatic heterocycles. The molecular formula is C18H23N3O3. The number of nitrogens with zero attached hydrogens (tertiary/aromatic N) is 3. The van der Waals surface area contributed by atoms with Crippen LogP contribution >= 0.6 is 0 Å². The summed E-state index contributed by atoms with van der Waals surface area (Å²) in [5.74, 6) is 0.937. The van der Waals surface area contributed by atoms with E-state index in [0.717, 1.165) is 16.9 Å². The largest absolute Gasteiger partial charge is 0.491 e. The van der Waals surface area contributed by atoms with Gasteiger partial charge in [-0.3, -0.25) is 0 Å². The summed E-state index contributed by atoms with van der Waals surface area (Å²) in [6.07, 6.45) is 4.32. The Bertz CT molecular complexity index is 733. The molecule has 6 nitrogen and oxygen atoms in total. The smallest absolute Gasteiger partial charge is 0.332 e. The minimum Gasteiger partial charge on any atom is -0.491 e. The SMILES string of the molecule is Cc1cc(OC(C)C)cc(-c2ncn(/C=C\C(=O)OC(C)C)n2)c1. The zero-order valence-corrected chi connectivity index (χ0v) is 14.7. The lowest BCUT2D eigenvalue weighted by molar-refractivity contribution is -0.141. The molecule has 0 amide bonds. The average molecular weight is 329 g/mol. The van der Waals surface area contributed by atoms with Gasteiger partial charge in [0.25, 0.3) is 0 Å². The topological polar surface area (TPSA) is 66.2 Å². The number of aryl methyl sites for hydroxylation is 1. The molecule has 0 aliphatic heterocycles. The van der Waals surface area contributed by atoms with Crippen molar-refractivity contribution in [3.63, 3.8) is 0 Å². The van der Waals surface area contributed by atoms with Crippen molar-refractivity contribution in [1.29, 1.82) is 0 Å². The molecule has 0 saturated carbocycles. The summed E-state index contributed by atoms with van der Waals surface area (Å²) in [4.78, 5) is 15.8. The molecule has 0 atom stereocenters. The molecule has 1 heterocycles. The van der Waals surface area contributed by atoms with Crippen molar-refractivity contribution in [3.05, 3.63) is 36.2 Å². The summed E-state index contributed by atoms with van der Waals surface area (Å²) < 4.78 is 12.2. The molecule has 1 aromatic carbocycles. The fourth-order valence-electron chi connectivity index (χ4n) is 2.11. The molecule has 0 bridgehead atoms. The first-order chi connectivity index (χ1) is 11.3. The molecule has 24 heavy (non-hydrogen) atoms. The Morgan fingerprint density at radius 3 is 2.58 bits per heavy atom. The maximum absolute atomic E-state index is 11.5. The van der Waals surface area contributed by atoms with Crippen LogP contribution in [-0.4, -0.2) is 32.9 Å². The van der Waals surface area contributed by atoms with Crippen LogP contribution in [0.15, 0.2) is 30.6 Å². The minimum absolute atomic E-state index is 0.0973. The van der Waals surface area contributed by atoms with Crippen LogP contribution in [0.25, 0.3) is 17.6 Å². The van der Waals surface area contributed by atoms with E-state index in [0.29, 0.717) is 5.82 Å². The molecule has 2 aromatic rings. The highest BCUT2D eigenvalue weighted by atomic mass is 16.5. The van der Waals surface area contributed by atoms with Crippen molar-refractivity contribution < 1.29 is 14.3 Å². The predicted molar refractivity (Wildman–Crippen MR) is 92.5 cm³/mol. The van der Waals surface area contributed by atoms with E-state index in [1.165, 1.54) is 17.0 Å². The maximum Gasteiger partial charge on any atom is 0.332 e. The summed E-state index contributed by atoms with van der Waals surface area (Å²) in [6, 6.07) is 5.87. The first-order valence-corrected chi connectivity index (χ1v) is 7.92. The first kappa shape index (κ1) is 17.7. The monoisotopic (exact) mass is 329 g/mol. The fraction of sp³-hybridized carbons (Fsp3) is 0.389. The Kier molecular flexibility index (Phi) is 5.73. The van der Waals surface area contributed by atoms with Gasteiger partial charge in [-0.1, -0.05) is 0 Å². The molecule has 0 aliphatic carbocycles. The van der Waals surface area contributed by atoms with Gasteiger partial charge in [0.05, 0.1) is 12.2 Å². The van der Waals surface area contributed by atoms with Crippen LogP contribution < -0.4 is 4.74 Å². The summed E-state index contributed by atoms with van der Waals surface area (Å²) >= 11 is 0. The van der Waals surface area contributed by atoms with Crippen LogP contribution in [0.2, 0.25) is 0 Å². The summed E-state index contributed by atoms with van der Waals surface area (Å²) in [6.45, 7) is 9.56. The third-order valence-electron chi connectivity index (χ3n) is 2.90. The van der Waals surface area contributed by atoms with Gasteiger partial charge in [0.15, 0.2) is 5.82 Å². The quantitative estimate of drug-likeness (QED) is 0.600. The van der Waals surface area contributed by atoms with Crippen LogP contribution in [0, 0.1) is 6.92 Å². The lowest BCUT2D eigenvalue weighted by Crippen LogP contribution is -2.08. The molecule has 0 radical (unpaired) electrons. The molecule has 0 fully saturated rings. The number of rotatable bonds is 6. The lowest BCUT2D eigenvalue weighted by atomic mass is 10.1. The van der Waals surface area contributed by atoms with Crippen molar-refractivity contribution in [2.24, 2.45) is 0 Å². The van der Waals surface area contributed by atoms with E-state index in [-0.39, 0.29) is 12.2 Å². The van der Waals surface area contributed by atoms with Gasteiger partial charge in [0, 0.05) is 17.8 Å². The van der Waals surface area contributed by atoms with Crippen LogP contribution in [0.3, 0.4) is 0 Å². The standard InChI is InChI=1S/C18H23N3O3/c1-12(2)23-16-9-14(5)8-15(10-16)18-19-11-21(20-18)7-6-17(22)24-13(3)4/h6-13H,1-5H3/b7-6-. The Morgan fingerprint density at radius 1 is 1.17 bits per heavy atom. The summed E-state index contributed by atoms with van der Waals surface area (Å²) in [7, 11) is 0. The Hall–Kier alpha value is -2.63. The van der Waals surface area contributed by atoms with Crippen molar-refractivity contribution >= 4 is 12.2 Å². The van der Waals surface area contributed by atoms with E-state index in [4.69, 9.17) is 9.47 Å². The van der Waals surface area contributed by atoms with Crippen LogP contribution in [0.5, 0.6) is 5.75 Å². The zero-order chi connectivity index (χ0) is 17.7. The molecule has 0 saturated heterocycles. The van der Waals surface area contributed by atoms with E-state index in [1.54, 1.807) is 20.2 Å². The normalized spacial score (nSPS) is 11.5. The number of benzene rings is 1. The van der Waals surface area contributed by atoms with Gasteiger partial charge in [0.2, 0.25) is 0 Å². The number of hydrogen-bond donors (Lipinski definition) is 0. The first-order valence-electron chi connectivity index (χ1n) is 7.92. The van der Waals surface area contributed by atoms with Crippen LogP contribution in [0.4, 0.5) is 0 Å². The van der Waals surface area contributed by atoms with Gasteiger partial charge in [0.1, 0.15) is 12.1 Å². The molecule has 0 aliphatic rings. The zero-order valence-electron chi connectivity index (χ0n) is 14.7. The van der Waals surface area contributed by atoms with E-state index in [1.807, 2.05) is 39.0 Å². The number of aromatic nitrogens is 3. The lowest BCUT2D eigenvalue weighted by Gasteiger charge is -2.11. The van der Waals surface area contributed by atoms with Gasteiger partial charge in [-0.15, -0.1) is 5.10 Å². The van der Waals surface area contributed by atoms with Gasteiger partial charge in [-0.2, -0.15) is 0 Å². The van der Waals surface area contributed by atoms with E-state index in [2.05, 4.69) is 10.1 Å².